The van der Waals surface area contributed by atoms with Crippen LogP contribution < -0.4 is 11.2 Å². The number of nitrogens with zero attached hydrogens (tertiary/aromatic N) is 2. The number of carbonyl (C=O) groups excluding carboxylic acids is 1. The monoisotopic (exact) mass is 329 g/mol. The molecule has 0 bridgehead atoms. The maximum Gasteiger partial charge on any atom is 0.331 e. The Labute approximate surface area is 136 Å². The van der Waals surface area contributed by atoms with Gasteiger partial charge in [-0.25, -0.2) is 9.59 Å². The van der Waals surface area contributed by atoms with Gasteiger partial charge in [-0.15, -0.1) is 0 Å². The number of hydrogen-bond donors (Lipinski definition) is 2. The van der Waals surface area contributed by atoms with Gasteiger partial charge in [0.15, 0.2) is 6.04 Å². The molecule has 0 aliphatic carbocycles. The SMILES string of the molecule is Cn1c(=O)[nH]cc(C(=O)N2CCc3ccccc3[C@@H]2C(=O)O)c1=O. The van der Waals surface area contributed by atoms with Crippen molar-refractivity contribution >= 4 is 11.9 Å². The van der Waals surface area contributed by atoms with E-state index in [2.05, 4.69) is 4.98 Å². The Bertz CT molecular complexity index is 943. The number of hydrogen-bond acceptors (Lipinski definition) is 4. The lowest BCUT2D eigenvalue weighted by Crippen LogP contribution is -2.46. The fourth-order valence-electron chi connectivity index (χ4n) is 2.92. The summed E-state index contributed by atoms with van der Waals surface area (Å²) in [7, 11) is 1.25. The average molecular weight is 329 g/mol. The van der Waals surface area contributed by atoms with Gasteiger partial charge in [0.25, 0.3) is 11.5 Å². The maximum absolute atomic E-state index is 12.7. The van der Waals surface area contributed by atoms with E-state index in [1.165, 1.54) is 7.05 Å². The molecule has 1 aliphatic rings. The standard InChI is InChI=1S/C16H15N3O5/c1-18-13(20)11(8-17-16(18)24)14(21)19-7-6-9-4-2-3-5-10(9)12(19)15(22)23/h2-5,8,12H,6-7H2,1H3,(H,17,24)(H,22,23)/t12-/m1/s1. The topological polar surface area (TPSA) is 112 Å². The quantitative estimate of drug-likeness (QED) is 0.799. The summed E-state index contributed by atoms with van der Waals surface area (Å²) in [6, 6.07) is 5.85. The molecule has 124 valence electrons. The highest BCUT2D eigenvalue weighted by Crippen LogP contribution is 2.30. The molecule has 2 aromatic rings. The fourth-order valence-corrected chi connectivity index (χ4v) is 2.92. The van der Waals surface area contributed by atoms with Crippen molar-refractivity contribution in [1.82, 2.24) is 14.5 Å². The number of aromatic amines is 1. The summed E-state index contributed by atoms with van der Waals surface area (Å²) < 4.78 is 0.779. The number of fused-ring (bicyclic) bond motifs is 1. The van der Waals surface area contributed by atoms with Crippen LogP contribution in [0.25, 0.3) is 0 Å². The minimum absolute atomic E-state index is 0.176. The third kappa shape index (κ3) is 2.41. The van der Waals surface area contributed by atoms with Gasteiger partial charge in [-0.2, -0.15) is 0 Å². The van der Waals surface area contributed by atoms with Crippen LogP contribution in [-0.2, 0) is 18.3 Å². The van der Waals surface area contributed by atoms with Gasteiger partial charge in [-0.3, -0.25) is 14.2 Å². The second-order valence-corrected chi connectivity index (χ2v) is 5.56. The first kappa shape index (κ1) is 15.7. The molecule has 0 saturated heterocycles. The van der Waals surface area contributed by atoms with Crippen molar-refractivity contribution in [2.75, 3.05) is 6.54 Å². The van der Waals surface area contributed by atoms with E-state index in [4.69, 9.17) is 0 Å². The van der Waals surface area contributed by atoms with Gasteiger partial charge in [0.1, 0.15) is 5.56 Å². The second kappa shape index (κ2) is 5.80. The molecule has 0 unspecified atom stereocenters. The lowest BCUT2D eigenvalue weighted by Gasteiger charge is -2.34. The molecule has 2 N–H and O–H groups in total. The molecule has 3 rings (SSSR count). The first-order valence-corrected chi connectivity index (χ1v) is 7.32. The average Bonchev–Trinajstić information content (AvgIpc) is 2.58. The molecule has 0 radical (unpaired) electrons. The highest BCUT2D eigenvalue weighted by Gasteiger charge is 2.37. The number of carboxylic acids is 1. The molecule has 1 amide bonds. The largest absolute Gasteiger partial charge is 0.479 e. The zero-order valence-corrected chi connectivity index (χ0v) is 12.9. The zero-order chi connectivity index (χ0) is 17.4. The smallest absolute Gasteiger partial charge is 0.331 e. The molecule has 1 aromatic heterocycles. The molecular weight excluding hydrogens is 314 g/mol. The Morgan fingerprint density at radius 2 is 1.96 bits per heavy atom. The molecule has 0 saturated carbocycles. The van der Waals surface area contributed by atoms with Crippen molar-refractivity contribution < 1.29 is 14.7 Å². The van der Waals surface area contributed by atoms with E-state index in [9.17, 15) is 24.3 Å². The lowest BCUT2D eigenvalue weighted by atomic mass is 9.92. The summed E-state index contributed by atoms with van der Waals surface area (Å²) in [4.78, 5) is 51.5. The minimum Gasteiger partial charge on any atom is -0.479 e. The van der Waals surface area contributed by atoms with Crippen molar-refractivity contribution in [1.29, 1.82) is 0 Å². The number of carboxylic acid groups (broad SMARTS) is 1. The van der Waals surface area contributed by atoms with Crippen LogP contribution in [-0.4, -0.2) is 38.0 Å². The Morgan fingerprint density at radius 3 is 2.67 bits per heavy atom. The van der Waals surface area contributed by atoms with Crippen LogP contribution in [0.1, 0.15) is 27.5 Å². The highest BCUT2D eigenvalue weighted by atomic mass is 16.4. The highest BCUT2D eigenvalue weighted by molar-refractivity contribution is 5.96. The van der Waals surface area contributed by atoms with E-state index in [1.54, 1.807) is 12.1 Å². The van der Waals surface area contributed by atoms with Gasteiger partial charge < -0.3 is 15.0 Å². The number of rotatable bonds is 2. The normalized spacial score (nSPS) is 16.5. The summed E-state index contributed by atoms with van der Waals surface area (Å²) in [5, 5.41) is 9.58. The number of carbonyl (C=O) groups is 2. The van der Waals surface area contributed by atoms with Crippen molar-refractivity contribution in [2.45, 2.75) is 12.5 Å². The molecule has 0 fully saturated rings. The van der Waals surface area contributed by atoms with E-state index in [0.29, 0.717) is 12.0 Å². The first-order valence-electron chi connectivity index (χ1n) is 7.32. The summed E-state index contributed by atoms with van der Waals surface area (Å²) in [6.45, 7) is 0.176. The summed E-state index contributed by atoms with van der Waals surface area (Å²) in [5.74, 6) is -1.88. The number of nitrogens with one attached hydrogen (secondary N) is 1. The van der Waals surface area contributed by atoms with Crippen molar-refractivity contribution in [2.24, 2.45) is 7.05 Å². The summed E-state index contributed by atoms with van der Waals surface area (Å²) in [6.07, 6.45) is 1.53. The van der Waals surface area contributed by atoms with Gasteiger partial charge in [-0.05, 0) is 17.5 Å². The van der Waals surface area contributed by atoms with Crippen LogP contribution in [0.2, 0.25) is 0 Å². The molecule has 1 aliphatic heterocycles. The van der Waals surface area contributed by atoms with Crippen LogP contribution in [0.4, 0.5) is 0 Å². The van der Waals surface area contributed by atoms with Crippen LogP contribution in [0.3, 0.4) is 0 Å². The number of benzene rings is 1. The fraction of sp³-hybridized carbons (Fsp3) is 0.250. The molecule has 8 nitrogen and oxygen atoms in total. The number of H-pyrrole nitrogens is 1. The Balaban J connectivity index is 2.08. The Hall–Kier alpha value is -3.16. The number of aromatic nitrogens is 2. The molecule has 8 heteroatoms. The number of amides is 1. The molecule has 2 heterocycles. The van der Waals surface area contributed by atoms with Crippen LogP contribution >= 0.6 is 0 Å². The van der Waals surface area contributed by atoms with Crippen molar-refractivity contribution in [3.8, 4) is 0 Å². The van der Waals surface area contributed by atoms with Gasteiger partial charge in [0.05, 0.1) is 0 Å². The molecule has 0 spiro atoms. The molecule has 24 heavy (non-hydrogen) atoms. The zero-order valence-electron chi connectivity index (χ0n) is 12.9. The van der Waals surface area contributed by atoms with Gasteiger partial charge in [0, 0.05) is 19.8 Å². The Kier molecular flexibility index (Phi) is 3.80. The van der Waals surface area contributed by atoms with E-state index >= 15 is 0 Å². The predicted molar refractivity (Wildman–Crippen MR) is 83.9 cm³/mol. The number of aliphatic carboxylic acids is 1. The third-order valence-corrected chi connectivity index (χ3v) is 4.19. The van der Waals surface area contributed by atoms with Gasteiger partial charge in [0.2, 0.25) is 0 Å². The summed E-state index contributed by atoms with van der Waals surface area (Å²) in [5.41, 5.74) is -0.265. The Morgan fingerprint density at radius 1 is 1.25 bits per heavy atom. The van der Waals surface area contributed by atoms with Gasteiger partial charge in [-0.1, -0.05) is 24.3 Å². The molecule has 1 aromatic carbocycles. The maximum atomic E-state index is 12.7. The van der Waals surface area contributed by atoms with Gasteiger partial charge >= 0.3 is 11.7 Å². The predicted octanol–water partition coefficient (Wildman–Crippen LogP) is -0.102. The first-order chi connectivity index (χ1) is 11.4. The van der Waals surface area contributed by atoms with Crippen LogP contribution in [0.15, 0.2) is 40.1 Å². The molecular formula is C16H15N3O5. The molecule has 1 atom stereocenters. The van der Waals surface area contributed by atoms with E-state index in [-0.39, 0.29) is 12.1 Å². The van der Waals surface area contributed by atoms with E-state index in [0.717, 1.165) is 21.2 Å². The second-order valence-electron chi connectivity index (χ2n) is 5.56. The van der Waals surface area contributed by atoms with Crippen LogP contribution in [0, 0.1) is 0 Å². The van der Waals surface area contributed by atoms with Crippen molar-refractivity contribution in [3.63, 3.8) is 0 Å². The lowest BCUT2D eigenvalue weighted by molar-refractivity contribution is -0.143. The van der Waals surface area contributed by atoms with E-state index in [1.807, 2.05) is 12.1 Å². The summed E-state index contributed by atoms with van der Waals surface area (Å²) >= 11 is 0. The van der Waals surface area contributed by atoms with Crippen molar-refractivity contribution in [3.05, 3.63) is 68.0 Å². The minimum atomic E-state index is -1.17. The van der Waals surface area contributed by atoms with E-state index < -0.39 is 29.2 Å². The third-order valence-electron chi connectivity index (χ3n) is 4.19. The van der Waals surface area contributed by atoms with Crippen LogP contribution in [0.5, 0.6) is 0 Å².